The van der Waals surface area contributed by atoms with Crippen molar-refractivity contribution in [3.05, 3.63) is 17.5 Å². The molecule has 4 bridgehead atoms. The second-order valence-corrected chi connectivity index (χ2v) is 9.53. The molecule has 1 amide bonds. The van der Waals surface area contributed by atoms with Gasteiger partial charge in [-0.3, -0.25) is 9.48 Å². The van der Waals surface area contributed by atoms with E-state index in [1.165, 1.54) is 23.9 Å². The van der Waals surface area contributed by atoms with E-state index in [4.69, 9.17) is 0 Å². The van der Waals surface area contributed by atoms with Crippen LogP contribution < -0.4 is 5.32 Å². The summed E-state index contributed by atoms with van der Waals surface area (Å²) in [5.41, 5.74) is -0.478. The third kappa shape index (κ3) is 3.07. The predicted molar refractivity (Wildman–Crippen MR) is 93.0 cm³/mol. The Morgan fingerprint density at radius 2 is 1.74 bits per heavy atom. The molecule has 1 unspecified atom stereocenters. The molecule has 5 aliphatic rings. The van der Waals surface area contributed by atoms with Crippen molar-refractivity contribution >= 4 is 5.91 Å². The Hall–Kier alpha value is -1.53. The zero-order chi connectivity index (χ0) is 19.0. The van der Waals surface area contributed by atoms with Crippen molar-refractivity contribution in [2.75, 3.05) is 0 Å². The number of alkyl halides is 3. The quantitative estimate of drug-likeness (QED) is 0.839. The van der Waals surface area contributed by atoms with Gasteiger partial charge in [-0.2, -0.15) is 18.3 Å². The minimum absolute atomic E-state index is 0.100. The molecule has 0 spiro atoms. The molecular formula is C20H26F3N3O. The molecule has 5 aliphatic carbocycles. The number of nitrogens with one attached hydrogen (secondary N) is 1. The van der Waals surface area contributed by atoms with E-state index in [0.717, 1.165) is 38.2 Å². The summed E-state index contributed by atoms with van der Waals surface area (Å²) in [6, 6.07) is 0.413. The number of halogens is 3. The van der Waals surface area contributed by atoms with Crippen molar-refractivity contribution in [1.29, 1.82) is 0 Å². The van der Waals surface area contributed by atoms with Crippen molar-refractivity contribution in [1.82, 2.24) is 15.1 Å². The summed E-state index contributed by atoms with van der Waals surface area (Å²) >= 11 is 0. The van der Waals surface area contributed by atoms with Gasteiger partial charge in [0.1, 0.15) is 6.04 Å². The molecule has 5 fully saturated rings. The van der Waals surface area contributed by atoms with Crippen molar-refractivity contribution in [2.24, 2.45) is 17.8 Å². The maximum Gasteiger partial charge on any atom is 0.435 e. The smallest absolute Gasteiger partial charge is 0.349 e. The van der Waals surface area contributed by atoms with Gasteiger partial charge in [0.15, 0.2) is 5.69 Å². The van der Waals surface area contributed by atoms with Crippen molar-refractivity contribution in [3.63, 3.8) is 0 Å². The highest BCUT2D eigenvalue weighted by Crippen LogP contribution is 2.55. The van der Waals surface area contributed by atoms with Crippen LogP contribution in [0.5, 0.6) is 0 Å². The molecule has 6 rings (SSSR count). The number of nitrogens with zero attached hydrogens (tertiary/aromatic N) is 2. The summed E-state index contributed by atoms with van der Waals surface area (Å²) in [4.78, 5) is 13.0. The van der Waals surface area contributed by atoms with E-state index in [0.29, 0.717) is 23.4 Å². The average molecular weight is 381 g/mol. The number of carbonyl (C=O) groups is 1. The molecule has 1 N–H and O–H groups in total. The molecule has 0 aromatic carbocycles. The molecular weight excluding hydrogens is 355 g/mol. The first-order valence-corrected chi connectivity index (χ1v) is 10.2. The number of hydrogen-bond acceptors (Lipinski definition) is 2. The molecule has 5 saturated carbocycles. The Balaban J connectivity index is 1.37. The molecule has 0 radical (unpaired) electrons. The standard InChI is InChI=1S/C20H26F3N3O/c1-11(26-16(15-2-3-15)7-17(25-26)20(21,22)23)18(27)24-19-8-12-4-13(9-19)6-14(5-12)10-19/h7,11-15H,2-6,8-10H2,1H3,(H,24,27). The maximum absolute atomic E-state index is 13.1. The molecule has 4 nitrogen and oxygen atoms in total. The number of amides is 1. The Labute approximate surface area is 156 Å². The van der Waals surface area contributed by atoms with Gasteiger partial charge in [-0.1, -0.05) is 0 Å². The molecule has 0 aliphatic heterocycles. The molecule has 148 valence electrons. The highest BCUT2D eigenvalue weighted by molar-refractivity contribution is 5.80. The monoisotopic (exact) mass is 381 g/mol. The summed E-state index contributed by atoms with van der Waals surface area (Å²) < 4.78 is 40.7. The third-order valence-corrected chi connectivity index (χ3v) is 7.22. The summed E-state index contributed by atoms with van der Waals surface area (Å²) in [7, 11) is 0. The van der Waals surface area contributed by atoms with Gasteiger partial charge < -0.3 is 5.32 Å². The first-order chi connectivity index (χ1) is 12.7. The Kier molecular flexibility index (Phi) is 3.73. The molecule has 7 heteroatoms. The highest BCUT2D eigenvalue weighted by atomic mass is 19.4. The van der Waals surface area contributed by atoms with Gasteiger partial charge in [0, 0.05) is 17.2 Å². The zero-order valence-electron chi connectivity index (χ0n) is 15.6. The lowest BCUT2D eigenvalue weighted by Crippen LogP contribution is -2.60. The fraction of sp³-hybridized carbons (Fsp3) is 0.800. The second-order valence-electron chi connectivity index (χ2n) is 9.53. The number of hydrogen-bond donors (Lipinski definition) is 1. The largest absolute Gasteiger partial charge is 0.435 e. The van der Waals surface area contributed by atoms with Gasteiger partial charge in [-0.15, -0.1) is 0 Å². The van der Waals surface area contributed by atoms with Gasteiger partial charge in [0.2, 0.25) is 5.91 Å². The van der Waals surface area contributed by atoms with Crippen LogP contribution in [0, 0.1) is 17.8 Å². The summed E-state index contributed by atoms with van der Waals surface area (Å²) in [5, 5.41) is 7.07. The van der Waals surface area contributed by atoms with Crippen LogP contribution >= 0.6 is 0 Å². The van der Waals surface area contributed by atoms with E-state index in [1.807, 2.05) is 0 Å². The fourth-order valence-corrected chi connectivity index (χ4v) is 6.28. The normalized spacial score (nSPS) is 36.1. The average Bonchev–Trinajstić information content (AvgIpc) is 3.29. The van der Waals surface area contributed by atoms with Crippen LogP contribution in [0.25, 0.3) is 0 Å². The van der Waals surface area contributed by atoms with E-state index in [9.17, 15) is 18.0 Å². The van der Waals surface area contributed by atoms with E-state index in [1.54, 1.807) is 6.92 Å². The molecule has 1 atom stereocenters. The number of aromatic nitrogens is 2. The van der Waals surface area contributed by atoms with Gasteiger partial charge in [-0.05, 0) is 82.1 Å². The van der Waals surface area contributed by atoms with Crippen LogP contribution in [0.2, 0.25) is 0 Å². The minimum atomic E-state index is -4.48. The van der Waals surface area contributed by atoms with Gasteiger partial charge in [-0.25, -0.2) is 0 Å². The van der Waals surface area contributed by atoms with Crippen LogP contribution in [0.4, 0.5) is 13.2 Å². The van der Waals surface area contributed by atoms with Crippen LogP contribution in [0.1, 0.15) is 81.6 Å². The maximum atomic E-state index is 13.1. The molecule has 0 saturated heterocycles. The summed E-state index contributed by atoms with van der Waals surface area (Å²) in [6.45, 7) is 1.68. The first-order valence-electron chi connectivity index (χ1n) is 10.2. The third-order valence-electron chi connectivity index (χ3n) is 7.22. The lowest BCUT2D eigenvalue weighted by Gasteiger charge is -2.57. The SMILES string of the molecule is CC(C(=O)NC12CC3CC(CC(C3)C1)C2)n1nc(C(F)(F)F)cc1C1CC1. The predicted octanol–water partition coefficient (Wildman–Crippen LogP) is 4.43. The van der Waals surface area contributed by atoms with E-state index < -0.39 is 17.9 Å². The molecule has 27 heavy (non-hydrogen) atoms. The topological polar surface area (TPSA) is 46.9 Å². The van der Waals surface area contributed by atoms with Crippen LogP contribution in [-0.4, -0.2) is 21.2 Å². The fourth-order valence-electron chi connectivity index (χ4n) is 6.28. The van der Waals surface area contributed by atoms with Crippen LogP contribution in [0.15, 0.2) is 6.07 Å². The van der Waals surface area contributed by atoms with Crippen LogP contribution in [0.3, 0.4) is 0 Å². The van der Waals surface area contributed by atoms with Crippen LogP contribution in [-0.2, 0) is 11.0 Å². The Bertz CT molecular complexity index is 730. The number of rotatable bonds is 4. The zero-order valence-corrected chi connectivity index (χ0v) is 15.6. The van der Waals surface area contributed by atoms with Gasteiger partial charge >= 0.3 is 6.18 Å². The first kappa shape index (κ1) is 17.6. The Morgan fingerprint density at radius 1 is 1.19 bits per heavy atom. The summed E-state index contributed by atoms with van der Waals surface area (Å²) in [6.07, 6.45) is 4.18. The molecule has 1 heterocycles. The molecule has 1 aromatic rings. The molecule has 1 aromatic heterocycles. The number of carbonyl (C=O) groups excluding carboxylic acids is 1. The van der Waals surface area contributed by atoms with E-state index in [-0.39, 0.29) is 17.4 Å². The summed E-state index contributed by atoms with van der Waals surface area (Å²) in [5.74, 6) is 2.03. The highest BCUT2D eigenvalue weighted by Gasteiger charge is 2.52. The lowest BCUT2D eigenvalue weighted by molar-refractivity contribution is -0.142. The second kappa shape index (κ2) is 5.74. The minimum Gasteiger partial charge on any atom is -0.349 e. The Morgan fingerprint density at radius 3 is 2.22 bits per heavy atom. The van der Waals surface area contributed by atoms with E-state index in [2.05, 4.69) is 10.4 Å². The van der Waals surface area contributed by atoms with Crippen molar-refractivity contribution in [2.45, 2.75) is 82.0 Å². The van der Waals surface area contributed by atoms with Crippen molar-refractivity contribution < 1.29 is 18.0 Å². The van der Waals surface area contributed by atoms with Crippen molar-refractivity contribution in [3.8, 4) is 0 Å². The van der Waals surface area contributed by atoms with Gasteiger partial charge in [0.05, 0.1) is 0 Å². The van der Waals surface area contributed by atoms with E-state index >= 15 is 0 Å². The lowest BCUT2D eigenvalue weighted by atomic mass is 9.53. The van der Waals surface area contributed by atoms with Gasteiger partial charge in [0.25, 0.3) is 0 Å².